The van der Waals surface area contributed by atoms with Gasteiger partial charge in [0.05, 0.1) is 6.61 Å². The number of pyridine rings is 1. The van der Waals surface area contributed by atoms with Gasteiger partial charge in [0.15, 0.2) is 11.3 Å². The van der Waals surface area contributed by atoms with Crippen LogP contribution in [0.5, 0.6) is 5.75 Å². The topological polar surface area (TPSA) is 119 Å². The van der Waals surface area contributed by atoms with Crippen molar-refractivity contribution in [2.24, 2.45) is 0 Å². The van der Waals surface area contributed by atoms with Crippen LogP contribution >= 0.6 is 0 Å². The highest BCUT2D eigenvalue weighted by atomic mass is 16.5. The highest BCUT2D eigenvalue weighted by Crippen LogP contribution is 2.41. The van der Waals surface area contributed by atoms with Gasteiger partial charge in [0.25, 0.3) is 12.4 Å². The normalized spacial score (nSPS) is 18.5. The van der Waals surface area contributed by atoms with Crippen LogP contribution in [0.4, 0.5) is 0 Å². The standard InChI is InChI=1S/C25H23N5O2.CH2O2/c1-16-4-8-18(9-5-16)25(11-14-32-21-3-2-12-27-23(21)25)28-24(31)19-15-22-26-13-10-20(17-6-7-17)30(22)29-19;2-1-3/h2-5,8-10,12-13,15,17H,6-7,11,14H2,1H3,(H,28,31);1H,(H,2,3)/t25-;/m0./s1. The summed E-state index contributed by atoms with van der Waals surface area (Å²) in [6.45, 7) is 2.28. The molecule has 1 aromatic carbocycles. The number of carboxylic acid groups (broad SMARTS) is 1. The van der Waals surface area contributed by atoms with Gasteiger partial charge in [0.1, 0.15) is 17.0 Å². The van der Waals surface area contributed by atoms with Crippen LogP contribution in [0.2, 0.25) is 0 Å². The molecule has 2 aliphatic rings. The quantitative estimate of drug-likeness (QED) is 0.438. The van der Waals surface area contributed by atoms with Crippen molar-refractivity contribution in [3.05, 3.63) is 89.1 Å². The van der Waals surface area contributed by atoms with Crippen LogP contribution in [-0.2, 0) is 10.3 Å². The average Bonchev–Trinajstić information content (AvgIpc) is 3.62. The first kappa shape index (κ1) is 22.5. The van der Waals surface area contributed by atoms with Crippen LogP contribution < -0.4 is 10.1 Å². The lowest BCUT2D eigenvalue weighted by atomic mass is 9.81. The van der Waals surface area contributed by atoms with E-state index in [0.717, 1.165) is 29.7 Å². The molecule has 2 N–H and O–H groups in total. The maximum Gasteiger partial charge on any atom is 0.290 e. The van der Waals surface area contributed by atoms with Gasteiger partial charge >= 0.3 is 0 Å². The van der Waals surface area contributed by atoms with Crippen molar-refractivity contribution in [3.8, 4) is 5.75 Å². The Morgan fingerprint density at radius 2 is 1.94 bits per heavy atom. The van der Waals surface area contributed by atoms with Crippen LogP contribution in [0.1, 0.15) is 58.2 Å². The summed E-state index contributed by atoms with van der Waals surface area (Å²) < 4.78 is 7.67. The van der Waals surface area contributed by atoms with E-state index in [2.05, 4.69) is 44.6 Å². The first-order valence-electron chi connectivity index (χ1n) is 11.5. The number of carbonyl (C=O) groups is 2. The van der Waals surface area contributed by atoms with Gasteiger partial charge in [-0.15, -0.1) is 0 Å². The van der Waals surface area contributed by atoms with Gasteiger partial charge in [-0.25, -0.2) is 9.50 Å². The molecule has 0 saturated heterocycles. The third kappa shape index (κ3) is 4.21. The summed E-state index contributed by atoms with van der Waals surface area (Å²) in [5.74, 6) is 0.936. The smallest absolute Gasteiger partial charge is 0.290 e. The number of ether oxygens (including phenoxy) is 1. The molecular weight excluding hydrogens is 446 g/mol. The largest absolute Gasteiger partial charge is 0.491 e. The number of hydrogen-bond donors (Lipinski definition) is 2. The average molecular weight is 472 g/mol. The van der Waals surface area contributed by atoms with E-state index in [-0.39, 0.29) is 12.4 Å². The summed E-state index contributed by atoms with van der Waals surface area (Å²) in [5.41, 5.74) is 4.19. The number of hydrogen-bond acceptors (Lipinski definition) is 6. The summed E-state index contributed by atoms with van der Waals surface area (Å²) >= 11 is 0. The van der Waals surface area contributed by atoms with Crippen LogP contribution in [-0.4, -0.2) is 43.7 Å². The number of nitrogens with one attached hydrogen (secondary N) is 1. The summed E-state index contributed by atoms with van der Waals surface area (Å²) in [4.78, 5) is 31.0. The molecule has 0 bridgehead atoms. The zero-order valence-corrected chi connectivity index (χ0v) is 19.2. The lowest BCUT2D eigenvalue weighted by molar-refractivity contribution is -0.122. The minimum Gasteiger partial charge on any atom is -0.491 e. The fraction of sp³-hybridized carbons (Fsp3) is 0.269. The fourth-order valence-corrected chi connectivity index (χ4v) is 4.54. The van der Waals surface area contributed by atoms with Crippen molar-refractivity contribution < 1.29 is 19.4 Å². The molecule has 1 atom stereocenters. The number of carbonyl (C=O) groups excluding carboxylic acids is 1. The molecule has 1 amide bonds. The number of amides is 1. The Labute approximate surface area is 201 Å². The summed E-state index contributed by atoms with van der Waals surface area (Å²) in [5, 5.41) is 14.8. The Bertz CT molecular complexity index is 1380. The zero-order valence-electron chi connectivity index (χ0n) is 19.2. The van der Waals surface area contributed by atoms with E-state index >= 15 is 0 Å². The maximum absolute atomic E-state index is 13.6. The van der Waals surface area contributed by atoms with Gasteiger partial charge in [-0.2, -0.15) is 5.10 Å². The highest BCUT2D eigenvalue weighted by Gasteiger charge is 2.43. The van der Waals surface area contributed by atoms with E-state index in [1.54, 1.807) is 23.0 Å². The minimum absolute atomic E-state index is 0.250. The molecule has 1 fully saturated rings. The number of aryl methyl sites for hydroxylation is 1. The molecule has 9 heteroatoms. The fourth-order valence-electron chi connectivity index (χ4n) is 4.54. The lowest BCUT2D eigenvalue weighted by Crippen LogP contribution is -2.50. The predicted octanol–water partition coefficient (Wildman–Crippen LogP) is 3.47. The van der Waals surface area contributed by atoms with E-state index in [1.807, 2.05) is 25.1 Å². The third-order valence-corrected chi connectivity index (χ3v) is 6.40. The van der Waals surface area contributed by atoms with Crippen molar-refractivity contribution in [2.75, 3.05) is 6.61 Å². The van der Waals surface area contributed by atoms with Crippen LogP contribution in [0, 0.1) is 6.92 Å². The molecule has 0 spiro atoms. The molecule has 4 heterocycles. The van der Waals surface area contributed by atoms with E-state index in [1.165, 1.54) is 0 Å². The van der Waals surface area contributed by atoms with Gasteiger partial charge in [-0.05, 0) is 43.5 Å². The number of fused-ring (bicyclic) bond motifs is 2. The Hall–Kier alpha value is -4.27. The third-order valence-electron chi connectivity index (χ3n) is 6.40. The monoisotopic (exact) mass is 471 g/mol. The second kappa shape index (κ2) is 9.17. The Balaban J connectivity index is 0.000000806. The van der Waals surface area contributed by atoms with Crippen molar-refractivity contribution in [2.45, 2.75) is 37.6 Å². The summed E-state index contributed by atoms with van der Waals surface area (Å²) in [6, 6.07) is 15.7. The van der Waals surface area contributed by atoms with Gasteiger partial charge < -0.3 is 15.2 Å². The van der Waals surface area contributed by atoms with Crippen LogP contribution in [0.3, 0.4) is 0 Å². The molecule has 0 radical (unpaired) electrons. The molecule has 35 heavy (non-hydrogen) atoms. The predicted molar refractivity (Wildman–Crippen MR) is 127 cm³/mol. The second-order valence-electron chi connectivity index (χ2n) is 8.72. The molecule has 1 aliphatic heterocycles. The molecule has 0 unspecified atom stereocenters. The molecular formula is C26H25N5O4. The number of benzene rings is 1. The van der Waals surface area contributed by atoms with Crippen molar-refractivity contribution >= 4 is 18.0 Å². The molecule has 3 aromatic heterocycles. The van der Waals surface area contributed by atoms with Crippen LogP contribution in [0.15, 0.2) is 60.9 Å². The van der Waals surface area contributed by atoms with Gasteiger partial charge in [0, 0.05) is 36.5 Å². The van der Waals surface area contributed by atoms with E-state index in [4.69, 9.17) is 14.6 Å². The Kier molecular flexibility index (Phi) is 5.90. The van der Waals surface area contributed by atoms with Crippen molar-refractivity contribution in [3.63, 3.8) is 0 Å². The van der Waals surface area contributed by atoms with E-state index < -0.39 is 5.54 Å². The molecule has 9 nitrogen and oxygen atoms in total. The lowest BCUT2D eigenvalue weighted by Gasteiger charge is -2.38. The summed E-state index contributed by atoms with van der Waals surface area (Å²) in [6.07, 6.45) is 6.40. The van der Waals surface area contributed by atoms with Crippen molar-refractivity contribution in [1.29, 1.82) is 0 Å². The maximum atomic E-state index is 13.6. The van der Waals surface area contributed by atoms with Crippen molar-refractivity contribution in [1.82, 2.24) is 24.9 Å². The molecule has 1 saturated carbocycles. The second-order valence-corrected chi connectivity index (χ2v) is 8.72. The molecule has 178 valence electrons. The number of aromatic nitrogens is 4. The molecule has 1 aliphatic carbocycles. The zero-order chi connectivity index (χ0) is 24.4. The van der Waals surface area contributed by atoms with Gasteiger partial charge in [-0.1, -0.05) is 29.8 Å². The molecule has 6 rings (SSSR count). The number of rotatable bonds is 4. The Morgan fingerprint density at radius 3 is 2.69 bits per heavy atom. The molecule has 4 aromatic rings. The highest BCUT2D eigenvalue weighted by molar-refractivity contribution is 5.94. The van der Waals surface area contributed by atoms with Gasteiger partial charge in [0.2, 0.25) is 0 Å². The minimum atomic E-state index is -0.803. The number of nitrogens with zero attached hydrogens (tertiary/aromatic N) is 4. The van der Waals surface area contributed by atoms with E-state index in [0.29, 0.717) is 41.7 Å². The van der Waals surface area contributed by atoms with Crippen LogP contribution in [0.25, 0.3) is 5.65 Å². The first-order chi connectivity index (χ1) is 17.1. The summed E-state index contributed by atoms with van der Waals surface area (Å²) in [7, 11) is 0. The van der Waals surface area contributed by atoms with Gasteiger partial charge in [-0.3, -0.25) is 14.6 Å². The van der Waals surface area contributed by atoms with E-state index in [9.17, 15) is 4.79 Å². The Morgan fingerprint density at radius 1 is 1.17 bits per heavy atom. The first-order valence-corrected chi connectivity index (χ1v) is 11.5. The SMILES string of the molecule is Cc1ccc([C@@]2(NC(=O)c3cc4nccc(C5CC5)n4n3)CCOc3cccnc32)cc1.O=CO.